The molecule has 21 heavy (non-hydrogen) atoms. The third-order valence-electron chi connectivity index (χ3n) is 2.87. The van der Waals surface area contributed by atoms with Gasteiger partial charge < -0.3 is 4.74 Å². The monoisotopic (exact) mass is 346 g/mol. The van der Waals surface area contributed by atoms with Crippen LogP contribution >= 0.6 is 15.9 Å². The second-order valence-electron chi connectivity index (χ2n) is 4.46. The lowest BCUT2D eigenvalue weighted by Gasteiger charge is -2.05. The Hall–Kier alpha value is -2.14. The molecule has 2 aromatic carbocycles. The van der Waals surface area contributed by atoms with Gasteiger partial charge in [-0.15, -0.1) is 0 Å². The van der Waals surface area contributed by atoms with Crippen molar-refractivity contribution in [2.24, 2.45) is 5.10 Å². The van der Waals surface area contributed by atoms with Gasteiger partial charge in [0.15, 0.2) is 0 Å². The first-order valence-electron chi connectivity index (χ1n) is 6.34. The summed E-state index contributed by atoms with van der Waals surface area (Å²) in [5.74, 6) is 0.399. The maximum atomic E-state index is 12.0. The maximum absolute atomic E-state index is 12.0. The summed E-state index contributed by atoms with van der Waals surface area (Å²) < 4.78 is 5.84. The highest BCUT2D eigenvalue weighted by molar-refractivity contribution is 9.10. The van der Waals surface area contributed by atoms with Crippen molar-refractivity contribution in [1.29, 1.82) is 0 Å². The molecular formula is C16H15BrN2O2. The first kappa shape index (κ1) is 15.3. The van der Waals surface area contributed by atoms with E-state index in [0.717, 1.165) is 10.0 Å². The molecule has 0 atom stereocenters. The number of aryl methyl sites for hydroxylation is 1. The highest BCUT2D eigenvalue weighted by atomic mass is 79.9. The van der Waals surface area contributed by atoms with E-state index in [9.17, 15) is 4.79 Å². The number of methoxy groups -OCH3 is 1. The third-order valence-corrected chi connectivity index (χ3v) is 3.49. The highest BCUT2D eigenvalue weighted by Gasteiger charge is 2.07. The van der Waals surface area contributed by atoms with E-state index in [0.29, 0.717) is 11.3 Å². The van der Waals surface area contributed by atoms with Gasteiger partial charge in [-0.25, -0.2) is 5.43 Å². The standard InChI is InChI=1S/C16H15BrN2O2/c1-11-3-5-12(6-4-11)10-18-19-16(20)13-7-8-15(21-2)14(17)9-13/h3-10H,1-2H3,(H,19,20)/b18-10+. The average Bonchev–Trinajstić information content (AvgIpc) is 2.49. The van der Waals surface area contributed by atoms with Gasteiger partial charge in [0, 0.05) is 5.56 Å². The molecule has 0 aromatic heterocycles. The van der Waals surface area contributed by atoms with Gasteiger partial charge in [0.25, 0.3) is 5.91 Å². The number of ether oxygens (including phenoxy) is 1. The van der Waals surface area contributed by atoms with E-state index in [1.165, 1.54) is 5.56 Å². The smallest absolute Gasteiger partial charge is 0.271 e. The van der Waals surface area contributed by atoms with Crippen LogP contribution in [0.5, 0.6) is 5.75 Å². The fraction of sp³-hybridized carbons (Fsp3) is 0.125. The summed E-state index contributed by atoms with van der Waals surface area (Å²) in [6.07, 6.45) is 1.61. The lowest BCUT2D eigenvalue weighted by Crippen LogP contribution is -2.17. The number of nitrogens with zero attached hydrogens (tertiary/aromatic N) is 1. The molecule has 1 N–H and O–H groups in total. The number of amides is 1. The number of carbonyl (C=O) groups excluding carboxylic acids is 1. The van der Waals surface area contributed by atoms with Crippen molar-refractivity contribution in [3.8, 4) is 5.75 Å². The van der Waals surface area contributed by atoms with Crippen molar-refractivity contribution in [3.05, 3.63) is 63.6 Å². The molecule has 0 spiro atoms. The molecule has 0 fully saturated rings. The molecular weight excluding hydrogens is 332 g/mol. The molecule has 5 heteroatoms. The zero-order valence-corrected chi connectivity index (χ0v) is 13.3. The average molecular weight is 347 g/mol. The first-order chi connectivity index (χ1) is 10.1. The summed E-state index contributed by atoms with van der Waals surface area (Å²) in [5.41, 5.74) is 5.11. The van der Waals surface area contributed by atoms with Crippen LogP contribution in [0.4, 0.5) is 0 Å². The summed E-state index contributed by atoms with van der Waals surface area (Å²) >= 11 is 3.34. The van der Waals surface area contributed by atoms with Crippen LogP contribution < -0.4 is 10.2 Å². The second kappa shape index (κ2) is 7.04. The van der Waals surface area contributed by atoms with Gasteiger partial charge in [-0.3, -0.25) is 4.79 Å². The Bertz CT molecular complexity index is 666. The second-order valence-corrected chi connectivity index (χ2v) is 5.31. The Labute approximate surface area is 132 Å². The molecule has 0 bridgehead atoms. The Morgan fingerprint density at radius 2 is 1.95 bits per heavy atom. The van der Waals surface area contributed by atoms with Crippen LogP contribution in [0.1, 0.15) is 21.5 Å². The van der Waals surface area contributed by atoms with E-state index >= 15 is 0 Å². The molecule has 4 nitrogen and oxygen atoms in total. The predicted molar refractivity (Wildman–Crippen MR) is 86.9 cm³/mol. The number of rotatable bonds is 4. The normalized spacial score (nSPS) is 10.6. The Morgan fingerprint density at radius 3 is 2.57 bits per heavy atom. The minimum atomic E-state index is -0.276. The third kappa shape index (κ3) is 4.16. The van der Waals surface area contributed by atoms with Crippen molar-refractivity contribution in [3.63, 3.8) is 0 Å². The fourth-order valence-electron chi connectivity index (χ4n) is 1.69. The highest BCUT2D eigenvalue weighted by Crippen LogP contribution is 2.25. The Morgan fingerprint density at radius 1 is 1.24 bits per heavy atom. The van der Waals surface area contributed by atoms with Crippen molar-refractivity contribution in [1.82, 2.24) is 5.43 Å². The Balaban J connectivity index is 2.01. The minimum Gasteiger partial charge on any atom is -0.496 e. The van der Waals surface area contributed by atoms with E-state index in [4.69, 9.17) is 4.74 Å². The molecule has 0 heterocycles. The van der Waals surface area contributed by atoms with Gasteiger partial charge in [-0.1, -0.05) is 29.8 Å². The zero-order valence-electron chi connectivity index (χ0n) is 11.8. The SMILES string of the molecule is COc1ccc(C(=O)N/N=C/c2ccc(C)cc2)cc1Br. The molecule has 1 amide bonds. The number of hydrazone groups is 1. The summed E-state index contributed by atoms with van der Waals surface area (Å²) in [5, 5.41) is 3.95. The molecule has 0 unspecified atom stereocenters. The van der Waals surface area contributed by atoms with Gasteiger partial charge in [-0.2, -0.15) is 5.10 Å². The van der Waals surface area contributed by atoms with Gasteiger partial charge >= 0.3 is 0 Å². The number of halogens is 1. The minimum absolute atomic E-state index is 0.276. The lowest BCUT2D eigenvalue weighted by molar-refractivity contribution is 0.0955. The van der Waals surface area contributed by atoms with Gasteiger partial charge in [0.2, 0.25) is 0 Å². The van der Waals surface area contributed by atoms with Gasteiger partial charge in [0.1, 0.15) is 5.75 Å². The maximum Gasteiger partial charge on any atom is 0.271 e. The molecule has 108 valence electrons. The predicted octanol–water partition coefficient (Wildman–Crippen LogP) is 3.53. The van der Waals surface area contributed by atoms with Gasteiger partial charge in [0.05, 0.1) is 17.8 Å². The van der Waals surface area contributed by atoms with Crippen LogP contribution in [0.25, 0.3) is 0 Å². The van der Waals surface area contributed by atoms with Crippen LogP contribution in [-0.4, -0.2) is 19.2 Å². The quantitative estimate of drug-likeness (QED) is 0.680. The van der Waals surface area contributed by atoms with Gasteiger partial charge in [-0.05, 0) is 46.6 Å². The summed E-state index contributed by atoms with van der Waals surface area (Å²) in [6, 6.07) is 13.0. The van der Waals surface area contributed by atoms with Crippen molar-refractivity contribution >= 4 is 28.1 Å². The zero-order chi connectivity index (χ0) is 15.2. The van der Waals surface area contributed by atoms with E-state index < -0.39 is 0 Å². The number of benzene rings is 2. The van der Waals surface area contributed by atoms with E-state index in [-0.39, 0.29) is 5.91 Å². The van der Waals surface area contributed by atoms with Crippen LogP contribution in [-0.2, 0) is 0 Å². The number of nitrogens with one attached hydrogen (secondary N) is 1. The Kier molecular flexibility index (Phi) is 5.11. The molecule has 0 saturated carbocycles. The molecule has 0 aliphatic rings. The molecule has 2 aromatic rings. The summed E-state index contributed by atoms with van der Waals surface area (Å²) in [7, 11) is 1.58. The topological polar surface area (TPSA) is 50.7 Å². The van der Waals surface area contributed by atoms with Crippen molar-refractivity contribution in [2.75, 3.05) is 7.11 Å². The molecule has 2 rings (SSSR count). The van der Waals surface area contributed by atoms with Crippen LogP contribution in [0.15, 0.2) is 52.0 Å². The van der Waals surface area contributed by atoms with Crippen LogP contribution in [0.3, 0.4) is 0 Å². The van der Waals surface area contributed by atoms with Crippen LogP contribution in [0.2, 0.25) is 0 Å². The van der Waals surface area contributed by atoms with E-state index in [2.05, 4.69) is 26.5 Å². The van der Waals surface area contributed by atoms with Crippen molar-refractivity contribution in [2.45, 2.75) is 6.92 Å². The molecule has 0 aliphatic heterocycles. The number of hydrogen-bond donors (Lipinski definition) is 1. The molecule has 0 saturated heterocycles. The summed E-state index contributed by atoms with van der Waals surface area (Å²) in [4.78, 5) is 12.0. The number of carbonyl (C=O) groups is 1. The summed E-state index contributed by atoms with van der Waals surface area (Å²) in [6.45, 7) is 2.02. The molecule has 0 aliphatic carbocycles. The van der Waals surface area contributed by atoms with Crippen LogP contribution in [0, 0.1) is 6.92 Å². The van der Waals surface area contributed by atoms with E-state index in [1.807, 2.05) is 31.2 Å². The van der Waals surface area contributed by atoms with Crippen molar-refractivity contribution < 1.29 is 9.53 Å². The van der Waals surface area contributed by atoms with E-state index in [1.54, 1.807) is 31.5 Å². The lowest BCUT2D eigenvalue weighted by atomic mass is 10.2. The number of hydrogen-bond acceptors (Lipinski definition) is 3. The fourth-order valence-corrected chi connectivity index (χ4v) is 2.23. The first-order valence-corrected chi connectivity index (χ1v) is 7.13. The largest absolute Gasteiger partial charge is 0.496 e. The molecule has 0 radical (unpaired) electrons.